The van der Waals surface area contributed by atoms with Crippen molar-refractivity contribution in [3.63, 3.8) is 0 Å². The second-order valence-corrected chi connectivity index (χ2v) is 6.16. The Kier molecular flexibility index (Phi) is 3.43. The Morgan fingerprint density at radius 3 is 3.28 bits per heavy atom. The SMILES string of the molecule is O=S(CCC1CCCO1)c1ccc2[nH]ncc2c1. The maximum Gasteiger partial charge on any atom is 0.0651 e. The number of hydrogen-bond acceptors (Lipinski definition) is 3. The van der Waals surface area contributed by atoms with Gasteiger partial charge in [0.05, 0.1) is 28.6 Å². The Balaban J connectivity index is 1.67. The zero-order valence-corrected chi connectivity index (χ0v) is 10.9. The number of aromatic amines is 1. The van der Waals surface area contributed by atoms with Gasteiger partial charge in [0.2, 0.25) is 0 Å². The summed E-state index contributed by atoms with van der Waals surface area (Å²) >= 11 is 0. The van der Waals surface area contributed by atoms with Crippen LogP contribution in [-0.2, 0) is 15.5 Å². The molecule has 0 bridgehead atoms. The molecule has 2 aromatic rings. The Morgan fingerprint density at radius 2 is 2.44 bits per heavy atom. The highest BCUT2D eigenvalue weighted by Crippen LogP contribution is 2.19. The van der Waals surface area contributed by atoms with Gasteiger partial charge in [-0.3, -0.25) is 9.31 Å². The van der Waals surface area contributed by atoms with Crippen LogP contribution in [0.4, 0.5) is 0 Å². The van der Waals surface area contributed by atoms with Crippen LogP contribution in [0.3, 0.4) is 0 Å². The van der Waals surface area contributed by atoms with Gasteiger partial charge in [-0.25, -0.2) is 0 Å². The summed E-state index contributed by atoms with van der Waals surface area (Å²) in [6.07, 6.45) is 5.20. The molecule has 1 aliphatic heterocycles. The Morgan fingerprint density at radius 1 is 1.50 bits per heavy atom. The van der Waals surface area contributed by atoms with Crippen molar-refractivity contribution in [3.8, 4) is 0 Å². The van der Waals surface area contributed by atoms with Gasteiger partial charge in [0.15, 0.2) is 0 Å². The number of nitrogens with one attached hydrogen (secondary N) is 1. The van der Waals surface area contributed by atoms with Crippen molar-refractivity contribution in [2.24, 2.45) is 0 Å². The fourth-order valence-electron chi connectivity index (χ4n) is 2.29. The highest BCUT2D eigenvalue weighted by molar-refractivity contribution is 7.85. The first kappa shape index (κ1) is 11.9. The van der Waals surface area contributed by atoms with E-state index < -0.39 is 10.8 Å². The van der Waals surface area contributed by atoms with Gasteiger partial charge in [-0.2, -0.15) is 5.10 Å². The summed E-state index contributed by atoms with van der Waals surface area (Å²) in [7, 11) is -0.941. The van der Waals surface area contributed by atoms with E-state index >= 15 is 0 Å². The minimum Gasteiger partial charge on any atom is -0.378 e. The molecule has 3 rings (SSSR count). The minimum absolute atomic E-state index is 0.312. The van der Waals surface area contributed by atoms with Crippen LogP contribution < -0.4 is 0 Å². The van der Waals surface area contributed by atoms with Gasteiger partial charge in [0, 0.05) is 22.6 Å². The molecule has 4 nitrogen and oxygen atoms in total. The largest absolute Gasteiger partial charge is 0.378 e. The topological polar surface area (TPSA) is 55.0 Å². The van der Waals surface area contributed by atoms with E-state index in [0.717, 1.165) is 41.7 Å². The van der Waals surface area contributed by atoms with Crippen LogP contribution >= 0.6 is 0 Å². The number of ether oxygens (including phenoxy) is 1. The molecule has 1 aliphatic rings. The van der Waals surface area contributed by atoms with Crippen LogP contribution in [0.5, 0.6) is 0 Å². The summed E-state index contributed by atoms with van der Waals surface area (Å²) in [4.78, 5) is 0.877. The van der Waals surface area contributed by atoms with E-state index in [-0.39, 0.29) is 0 Å². The molecule has 5 heteroatoms. The zero-order chi connectivity index (χ0) is 12.4. The van der Waals surface area contributed by atoms with Crippen LogP contribution in [-0.4, -0.2) is 32.9 Å². The number of fused-ring (bicyclic) bond motifs is 1. The van der Waals surface area contributed by atoms with Crippen molar-refractivity contribution in [2.75, 3.05) is 12.4 Å². The maximum atomic E-state index is 12.2. The molecule has 96 valence electrons. The van der Waals surface area contributed by atoms with E-state index in [4.69, 9.17) is 4.74 Å². The van der Waals surface area contributed by atoms with E-state index in [0.29, 0.717) is 11.9 Å². The molecule has 0 spiro atoms. The molecule has 2 heterocycles. The van der Waals surface area contributed by atoms with Crippen molar-refractivity contribution in [1.82, 2.24) is 10.2 Å². The molecule has 1 fully saturated rings. The van der Waals surface area contributed by atoms with Crippen molar-refractivity contribution in [3.05, 3.63) is 24.4 Å². The lowest BCUT2D eigenvalue weighted by Crippen LogP contribution is -2.10. The number of H-pyrrole nitrogens is 1. The third kappa shape index (κ3) is 2.47. The van der Waals surface area contributed by atoms with E-state index in [1.807, 2.05) is 18.2 Å². The van der Waals surface area contributed by atoms with E-state index in [2.05, 4.69) is 10.2 Å². The lowest BCUT2D eigenvalue weighted by Gasteiger charge is -2.08. The number of aromatic nitrogens is 2. The lowest BCUT2D eigenvalue weighted by molar-refractivity contribution is 0.109. The normalized spacial score (nSPS) is 21.4. The Hall–Kier alpha value is -1.20. The van der Waals surface area contributed by atoms with Crippen LogP contribution in [0.1, 0.15) is 19.3 Å². The van der Waals surface area contributed by atoms with E-state index in [9.17, 15) is 4.21 Å². The zero-order valence-electron chi connectivity index (χ0n) is 10.1. The quantitative estimate of drug-likeness (QED) is 0.921. The molecule has 0 radical (unpaired) electrons. The lowest BCUT2D eigenvalue weighted by atomic mass is 10.2. The van der Waals surface area contributed by atoms with Crippen molar-refractivity contribution >= 4 is 21.7 Å². The molecule has 1 N–H and O–H groups in total. The molecule has 0 saturated carbocycles. The second-order valence-electron chi connectivity index (χ2n) is 4.59. The fraction of sp³-hybridized carbons (Fsp3) is 0.462. The Labute approximate surface area is 108 Å². The number of rotatable bonds is 4. The van der Waals surface area contributed by atoms with Gasteiger partial charge in [-0.05, 0) is 37.5 Å². The predicted molar refractivity (Wildman–Crippen MR) is 71.0 cm³/mol. The molecule has 1 saturated heterocycles. The summed E-state index contributed by atoms with van der Waals surface area (Å²) in [6.45, 7) is 0.859. The van der Waals surface area contributed by atoms with E-state index in [1.165, 1.54) is 0 Å². The summed E-state index contributed by atoms with van der Waals surface area (Å²) in [5.41, 5.74) is 0.981. The van der Waals surface area contributed by atoms with Crippen molar-refractivity contribution in [1.29, 1.82) is 0 Å². The standard InChI is InChI=1S/C13H16N2O2S/c16-18(7-5-11-2-1-6-17-11)12-3-4-13-10(8-12)9-14-15-13/h3-4,8-9,11H,1-2,5-7H2,(H,14,15). The summed E-state index contributed by atoms with van der Waals surface area (Å²) in [6, 6.07) is 5.79. The van der Waals surface area contributed by atoms with Gasteiger partial charge < -0.3 is 4.74 Å². The monoisotopic (exact) mass is 264 g/mol. The van der Waals surface area contributed by atoms with Crippen LogP contribution in [0.25, 0.3) is 10.9 Å². The molecular formula is C13H16N2O2S. The number of hydrogen-bond donors (Lipinski definition) is 1. The first-order valence-corrected chi connectivity index (χ1v) is 7.58. The minimum atomic E-state index is -0.941. The van der Waals surface area contributed by atoms with Crippen LogP contribution in [0.2, 0.25) is 0 Å². The maximum absolute atomic E-state index is 12.2. The average molecular weight is 264 g/mol. The van der Waals surface area contributed by atoms with Gasteiger partial charge >= 0.3 is 0 Å². The summed E-state index contributed by atoms with van der Waals surface area (Å²) in [5.74, 6) is 0.675. The fourth-order valence-corrected chi connectivity index (χ4v) is 3.48. The third-order valence-electron chi connectivity index (χ3n) is 3.32. The van der Waals surface area contributed by atoms with Crippen LogP contribution in [0.15, 0.2) is 29.3 Å². The number of benzene rings is 1. The molecule has 1 aromatic carbocycles. The van der Waals surface area contributed by atoms with Crippen molar-refractivity contribution < 1.29 is 8.95 Å². The highest BCUT2D eigenvalue weighted by atomic mass is 32.2. The predicted octanol–water partition coefficient (Wildman–Crippen LogP) is 2.24. The molecule has 18 heavy (non-hydrogen) atoms. The first-order chi connectivity index (χ1) is 8.83. The molecule has 0 aliphatic carbocycles. The molecule has 2 atom stereocenters. The van der Waals surface area contributed by atoms with Gasteiger partial charge in [-0.15, -0.1) is 0 Å². The average Bonchev–Trinajstić information content (AvgIpc) is 3.05. The van der Waals surface area contributed by atoms with Crippen molar-refractivity contribution in [2.45, 2.75) is 30.3 Å². The smallest absolute Gasteiger partial charge is 0.0651 e. The second kappa shape index (κ2) is 5.20. The van der Waals surface area contributed by atoms with Crippen LogP contribution in [0, 0.1) is 0 Å². The molecule has 1 aromatic heterocycles. The van der Waals surface area contributed by atoms with Gasteiger partial charge in [-0.1, -0.05) is 0 Å². The molecule has 2 unspecified atom stereocenters. The third-order valence-corrected chi connectivity index (χ3v) is 4.71. The highest BCUT2D eigenvalue weighted by Gasteiger charge is 2.16. The summed E-state index contributed by atoms with van der Waals surface area (Å²) in [5, 5.41) is 7.87. The van der Waals surface area contributed by atoms with Gasteiger partial charge in [0.25, 0.3) is 0 Å². The molecule has 0 amide bonds. The molecular weight excluding hydrogens is 248 g/mol. The number of nitrogens with zero attached hydrogens (tertiary/aromatic N) is 1. The Bertz CT molecular complexity index is 561. The van der Waals surface area contributed by atoms with Gasteiger partial charge in [0.1, 0.15) is 0 Å². The van der Waals surface area contributed by atoms with E-state index in [1.54, 1.807) is 6.20 Å². The summed E-state index contributed by atoms with van der Waals surface area (Å²) < 4.78 is 17.7. The first-order valence-electron chi connectivity index (χ1n) is 6.26.